The number of rotatable bonds is 5. The third-order valence-electron chi connectivity index (χ3n) is 4.40. The molecule has 6 nitrogen and oxygen atoms in total. The first-order valence-electron chi connectivity index (χ1n) is 8.25. The number of hydrogen-bond acceptors (Lipinski definition) is 5. The number of ether oxygens (including phenoxy) is 1. The van der Waals surface area contributed by atoms with E-state index in [0.29, 0.717) is 24.6 Å². The Morgan fingerprint density at radius 1 is 1.58 bits per heavy atom. The average Bonchev–Trinajstić information content (AvgIpc) is 3.02. The van der Waals surface area contributed by atoms with Crippen molar-refractivity contribution in [3.8, 4) is 5.88 Å². The van der Waals surface area contributed by atoms with Gasteiger partial charge < -0.3 is 15.0 Å². The molecular formula is C17H23N3O3S. The van der Waals surface area contributed by atoms with Crippen LogP contribution in [0.4, 0.5) is 0 Å². The molecule has 0 spiro atoms. The standard InChI is InChI=1S/C17H23N3O3S/c1-11(2)23-16-12(5-4-8-18-16)9-19-15(22)13-10-24-17(3)7-6-14(21)20(13)17/h4-5,8,11,13H,6-7,9-10H2,1-3H3,(H,19,22)/t13-,17-/m0/s1. The van der Waals surface area contributed by atoms with E-state index in [0.717, 1.165) is 12.0 Å². The van der Waals surface area contributed by atoms with Crippen molar-refractivity contribution in [1.82, 2.24) is 15.2 Å². The lowest BCUT2D eigenvalue weighted by atomic mass is 10.2. The summed E-state index contributed by atoms with van der Waals surface area (Å²) in [4.78, 5) is 30.5. The quantitative estimate of drug-likeness (QED) is 0.880. The molecule has 2 saturated heterocycles. The zero-order valence-corrected chi connectivity index (χ0v) is 15.1. The van der Waals surface area contributed by atoms with Gasteiger partial charge in [0.2, 0.25) is 17.7 Å². The van der Waals surface area contributed by atoms with Crippen LogP contribution in [0.15, 0.2) is 18.3 Å². The summed E-state index contributed by atoms with van der Waals surface area (Å²) in [5, 5.41) is 2.94. The molecule has 2 fully saturated rings. The molecule has 1 N–H and O–H groups in total. The van der Waals surface area contributed by atoms with Gasteiger partial charge in [-0.3, -0.25) is 9.59 Å². The molecule has 2 atom stereocenters. The van der Waals surface area contributed by atoms with E-state index in [1.54, 1.807) is 22.9 Å². The molecule has 0 radical (unpaired) electrons. The molecule has 3 heterocycles. The van der Waals surface area contributed by atoms with Crippen LogP contribution >= 0.6 is 11.8 Å². The minimum absolute atomic E-state index is 0.0171. The maximum Gasteiger partial charge on any atom is 0.243 e. The van der Waals surface area contributed by atoms with Crippen molar-refractivity contribution in [3.63, 3.8) is 0 Å². The van der Waals surface area contributed by atoms with E-state index >= 15 is 0 Å². The number of pyridine rings is 1. The van der Waals surface area contributed by atoms with E-state index in [2.05, 4.69) is 10.3 Å². The second kappa shape index (κ2) is 6.63. The molecule has 2 aliphatic rings. The second-order valence-corrected chi connectivity index (χ2v) is 8.12. The molecule has 24 heavy (non-hydrogen) atoms. The summed E-state index contributed by atoms with van der Waals surface area (Å²) in [5.41, 5.74) is 0.834. The number of nitrogens with zero attached hydrogens (tertiary/aromatic N) is 2. The van der Waals surface area contributed by atoms with E-state index in [1.807, 2.05) is 32.9 Å². The Hall–Kier alpha value is -1.76. The van der Waals surface area contributed by atoms with Crippen LogP contribution in [0.2, 0.25) is 0 Å². The Morgan fingerprint density at radius 2 is 2.38 bits per heavy atom. The molecular weight excluding hydrogens is 326 g/mol. The largest absolute Gasteiger partial charge is 0.475 e. The fraction of sp³-hybridized carbons (Fsp3) is 0.588. The molecule has 1 aromatic heterocycles. The highest BCUT2D eigenvalue weighted by molar-refractivity contribution is 8.01. The lowest BCUT2D eigenvalue weighted by Gasteiger charge is -2.29. The number of hydrogen-bond donors (Lipinski definition) is 1. The van der Waals surface area contributed by atoms with Gasteiger partial charge in [0.25, 0.3) is 0 Å². The number of nitrogens with one attached hydrogen (secondary N) is 1. The van der Waals surface area contributed by atoms with E-state index < -0.39 is 0 Å². The van der Waals surface area contributed by atoms with Gasteiger partial charge in [0.15, 0.2) is 0 Å². The summed E-state index contributed by atoms with van der Waals surface area (Å²) >= 11 is 1.70. The molecule has 0 bridgehead atoms. The van der Waals surface area contributed by atoms with Crippen LogP contribution < -0.4 is 10.1 Å². The van der Waals surface area contributed by atoms with Gasteiger partial charge in [0, 0.05) is 30.5 Å². The summed E-state index contributed by atoms with van der Waals surface area (Å²) in [7, 11) is 0. The van der Waals surface area contributed by atoms with E-state index in [-0.39, 0.29) is 28.8 Å². The highest BCUT2D eigenvalue weighted by atomic mass is 32.2. The third-order valence-corrected chi connectivity index (χ3v) is 5.90. The lowest BCUT2D eigenvalue weighted by molar-refractivity contribution is -0.138. The highest BCUT2D eigenvalue weighted by Crippen LogP contribution is 2.47. The SMILES string of the molecule is CC(C)Oc1ncccc1CNC(=O)[C@@H]1CS[C@@]2(C)CCC(=O)N12. The van der Waals surface area contributed by atoms with Crippen molar-refractivity contribution in [3.05, 3.63) is 23.9 Å². The molecule has 7 heteroatoms. The Bertz CT molecular complexity index is 652. The highest BCUT2D eigenvalue weighted by Gasteiger charge is 2.52. The Labute approximate surface area is 146 Å². The predicted octanol–water partition coefficient (Wildman–Crippen LogP) is 1.94. The average molecular weight is 349 g/mol. The van der Waals surface area contributed by atoms with Gasteiger partial charge in [-0.1, -0.05) is 6.07 Å². The van der Waals surface area contributed by atoms with Crippen molar-refractivity contribution >= 4 is 23.6 Å². The van der Waals surface area contributed by atoms with E-state index in [4.69, 9.17) is 4.74 Å². The fourth-order valence-corrected chi connectivity index (χ4v) is 4.63. The maximum absolute atomic E-state index is 12.6. The number of amides is 2. The van der Waals surface area contributed by atoms with Crippen molar-refractivity contribution in [2.75, 3.05) is 5.75 Å². The van der Waals surface area contributed by atoms with Crippen LogP contribution in [0.1, 0.15) is 39.2 Å². The number of carbonyl (C=O) groups excluding carboxylic acids is 2. The van der Waals surface area contributed by atoms with Gasteiger partial charge in [-0.2, -0.15) is 0 Å². The van der Waals surface area contributed by atoms with Crippen molar-refractivity contribution in [2.24, 2.45) is 0 Å². The van der Waals surface area contributed by atoms with Crippen LogP contribution in [0.25, 0.3) is 0 Å². The molecule has 1 aromatic rings. The van der Waals surface area contributed by atoms with Crippen LogP contribution in [0.5, 0.6) is 5.88 Å². The second-order valence-electron chi connectivity index (χ2n) is 6.62. The number of aromatic nitrogens is 1. The fourth-order valence-electron chi connectivity index (χ4n) is 3.20. The molecule has 2 amide bonds. The zero-order valence-electron chi connectivity index (χ0n) is 14.2. The maximum atomic E-state index is 12.6. The molecule has 0 aliphatic carbocycles. The molecule has 0 aromatic carbocycles. The summed E-state index contributed by atoms with van der Waals surface area (Å²) in [6, 6.07) is 3.32. The zero-order chi connectivity index (χ0) is 17.3. The van der Waals surface area contributed by atoms with Gasteiger partial charge in [-0.15, -0.1) is 11.8 Å². The van der Waals surface area contributed by atoms with E-state index in [1.165, 1.54) is 0 Å². The minimum Gasteiger partial charge on any atom is -0.475 e. The predicted molar refractivity (Wildman–Crippen MR) is 92.6 cm³/mol. The van der Waals surface area contributed by atoms with Gasteiger partial charge in [0.1, 0.15) is 6.04 Å². The van der Waals surface area contributed by atoms with Crippen molar-refractivity contribution in [2.45, 2.75) is 57.2 Å². The van der Waals surface area contributed by atoms with Gasteiger partial charge in [0.05, 0.1) is 11.0 Å². The van der Waals surface area contributed by atoms with E-state index in [9.17, 15) is 9.59 Å². The number of carbonyl (C=O) groups is 2. The van der Waals surface area contributed by atoms with Crippen LogP contribution in [-0.4, -0.2) is 44.5 Å². The van der Waals surface area contributed by atoms with Crippen LogP contribution in [0.3, 0.4) is 0 Å². The monoisotopic (exact) mass is 349 g/mol. The molecule has 0 unspecified atom stereocenters. The molecule has 0 saturated carbocycles. The smallest absolute Gasteiger partial charge is 0.243 e. The van der Waals surface area contributed by atoms with Crippen LogP contribution in [0, 0.1) is 0 Å². The summed E-state index contributed by atoms with van der Waals surface area (Å²) < 4.78 is 5.67. The summed E-state index contributed by atoms with van der Waals surface area (Å²) in [6.45, 7) is 6.26. The van der Waals surface area contributed by atoms with Crippen molar-refractivity contribution in [1.29, 1.82) is 0 Å². The topological polar surface area (TPSA) is 71.5 Å². The first-order valence-corrected chi connectivity index (χ1v) is 9.23. The Morgan fingerprint density at radius 3 is 3.12 bits per heavy atom. The Balaban J connectivity index is 1.66. The van der Waals surface area contributed by atoms with Gasteiger partial charge in [-0.05, 0) is 33.3 Å². The number of fused-ring (bicyclic) bond motifs is 1. The molecule has 3 rings (SSSR count). The minimum atomic E-state index is -0.388. The lowest BCUT2D eigenvalue weighted by Crippen LogP contribution is -2.49. The van der Waals surface area contributed by atoms with Gasteiger partial charge >= 0.3 is 0 Å². The van der Waals surface area contributed by atoms with Crippen LogP contribution in [-0.2, 0) is 16.1 Å². The number of thioether (sulfide) groups is 1. The third kappa shape index (κ3) is 3.22. The van der Waals surface area contributed by atoms with Gasteiger partial charge in [-0.25, -0.2) is 4.98 Å². The molecule has 2 aliphatic heterocycles. The summed E-state index contributed by atoms with van der Waals surface area (Å²) in [5.74, 6) is 1.15. The van der Waals surface area contributed by atoms with Crippen molar-refractivity contribution < 1.29 is 14.3 Å². The summed E-state index contributed by atoms with van der Waals surface area (Å²) in [6.07, 6.45) is 3.03. The first-order chi connectivity index (χ1) is 11.4. The first kappa shape index (κ1) is 17.1. The molecule has 130 valence electrons. The Kier molecular flexibility index (Phi) is 4.71. The normalized spacial score (nSPS) is 25.9.